The second kappa shape index (κ2) is 6.20. The lowest BCUT2D eigenvalue weighted by atomic mass is 9.97. The highest BCUT2D eigenvalue weighted by molar-refractivity contribution is 7.80. The molecule has 1 aromatic rings. The van der Waals surface area contributed by atoms with Gasteiger partial charge in [0.25, 0.3) is 0 Å². The molecule has 1 aromatic heterocycles. The second-order valence-corrected chi connectivity index (χ2v) is 5.99. The zero-order valence-electron chi connectivity index (χ0n) is 11.5. The maximum Gasteiger partial charge on any atom is 0.0863 e. The van der Waals surface area contributed by atoms with E-state index in [1.165, 1.54) is 0 Å². The van der Waals surface area contributed by atoms with Gasteiger partial charge in [-0.25, -0.2) is 0 Å². The van der Waals surface area contributed by atoms with E-state index in [0.29, 0.717) is 10.9 Å². The predicted molar refractivity (Wildman–Crippen MR) is 82.4 cm³/mol. The molecule has 0 aliphatic carbocycles. The number of thiocarbonyl (C=S) groups is 1. The fourth-order valence-corrected chi connectivity index (χ4v) is 3.17. The number of aromatic nitrogens is 2. The number of hydrogen-bond acceptors (Lipinski definition) is 3. The van der Waals surface area contributed by atoms with E-state index in [2.05, 4.69) is 16.9 Å². The molecule has 1 aliphatic rings. The Morgan fingerprint density at radius 1 is 1.47 bits per heavy atom. The standard InChI is InChI=1S/C13H21ClN4S/c1-3-10-12(14)11(17(2)16-10)8-18-6-4-9(5-7-18)13(15)19/h9H,3-8H2,1-2H3,(H2,15,19). The zero-order chi connectivity index (χ0) is 14.0. The Bertz CT molecular complexity index is 463. The summed E-state index contributed by atoms with van der Waals surface area (Å²) in [6, 6.07) is 0. The zero-order valence-corrected chi connectivity index (χ0v) is 13.1. The largest absolute Gasteiger partial charge is 0.393 e. The molecule has 0 saturated carbocycles. The van der Waals surface area contributed by atoms with Crippen molar-refractivity contribution in [2.45, 2.75) is 32.7 Å². The van der Waals surface area contributed by atoms with Crippen molar-refractivity contribution in [3.05, 3.63) is 16.4 Å². The van der Waals surface area contributed by atoms with Crippen LogP contribution in [-0.4, -0.2) is 32.8 Å². The van der Waals surface area contributed by atoms with E-state index in [-0.39, 0.29) is 0 Å². The van der Waals surface area contributed by atoms with Crippen molar-refractivity contribution in [3.63, 3.8) is 0 Å². The molecular weight excluding hydrogens is 280 g/mol. The molecule has 19 heavy (non-hydrogen) atoms. The third-order valence-electron chi connectivity index (χ3n) is 3.87. The van der Waals surface area contributed by atoms with Crippen LogP contribution in [0.2, 0.25) is 5.02 Å². The van der Waals surface area contributed by atoms with Gasteiger partial charge in [0.05, 0.1) is 21.4 Å². The quantitative estimate of drug-likeness (QED) is 0.866. The molecule has 0 spiro atoms. The minimum atomic E-state index is 0.402. The van der Waals surface area contributed by atoms with Crippen molar-refractivity contribution in [1.29, 1.82) is 0 Å². The van der Waals surface area contributed by atoms with E-state index >= 15 is 0 Å². The Hall–Kier alpha value is -0.650. The van der Waals surface area contributed by atoms with Crippen LogP contribution in [0.4, 0.5) is 0 Å². The number of aryl methyl sites for hydroxylation is 2. The van der Waals surface area contributed by atoms with Gasteiger partial charge in [-0.05, 0) is 32.4 Å². The summed E-state index contributed by atoms with van der Waals surface area (Å²) in [6.45, 7) is 4.97. The number of nitrogens with two attached hydrogens (primary N) is 1. The maximum absolute atomic E-state index is 6.38. The summed E-state index contributed by atoms with van der Waals surface area (Å²) in [7, 11) is 1.96. The Balaban J connectivity index is 1.99. The Morgan fingerprint density at radius 3 is 2.58 bits per heavy atom. The van der Waals surface area contributed by atoms with Gasteiger partial charge >= 0.3 is 0 Å². The number of halogens is 1. The van der Waals surface area contributed by atoms with Gasteiger partial charge in [0.2, 0.25) is 0 Å². The summed E-state index contributed by atoms with van der Waals surface area (Å²) in [5, 5.41) is 5.28. The predicted octanol–water partition coefficient (Wildman–Crippen LogP) is 2.13. The average Bonchev–Trinajstić information content (AvgIpc) is 2.67. The smallest absolute Gasteiger partial charge is 0.0863 e. The van der Waals surface area contributed by atoms with Gasteiger partial charge in [0.1, 0.15) is 0 Å². The fourth-order valence-electron chi connectivity index (χ4n) is 2.58. The van der Waals surface area contributed by atoms with Crippen LogP contribution < -0.4 is 5.73 Å². The maximum atomic E-state index is 6.38. The van der Waals surface area contributed by atoms with E-state index in [1.54, 1.807) is 0 Å². The van der Waals surface area contributed by atoms with E-state index in [1.807, 2.05) is 11.7 Å². The van der Waals surface area contributed by atoms with Gasteiger partial charge in [-0.3, -0.25) is 9.58 Å². The van der Waals surface area contributed by atoms with Gasteiger partial charge in [-0.2, -0.15) is 5.10 Å². The normalized spacial score (nSPS) is 17.8. The topological polar surface area (TPSA) is 47.1 Å². The average molecular weight is 301 g/mol. The highest BCUT2D eigenvalue weighted by atomic mass is 35.5. The minimum Gasteiger partial charge on any atom is -0.393 e. The molecular formula is C13H21ClN4S. The number of hydrogen-bond donors (Lipinski definition) is 1. The molecule has 2 N–H and O–H groups in total. The first-order chi connectivity index (χ1) is 9.02. The second-order valence-electron chi connectivity index (χ2n) is 5.14. The number of rotatable bonds is 4. The first kappa shape index (κ1) is 14.8. The summed E-state index contributed by atoms with van der Waals surface area (Å²) < 4.78 is 1.90. The molecule has 106 valence electrons. The molecule has 6 heteroatoms. The number of likely N-dealkylation sites (tertiary alicyclic amines) is 1. The van der Waals surface area contributed by atoms with Crippen LogP contribution in [0.1, 0.15) is 31.2 Å². The first-order valence-corrected chi connectivity index (χ1v) is 7.53. The van der Waals surface area contributed by atoms with Crippen molar-refractivity contribution in [1.82, 2.24) is 14.7 Å². The number of nitrogens with zero attached hydrogens (tertiary/aromatic N) is 3. The van der Waals surface area contributed by atoms with Crippen molar-refractivity contribution in [2.75, 3.05) is 13.1 Å². The Morgan fingerprint density at radius 2 is 2.11 bits per heavy atom. The van der Waals surface area contributed by atoms with Crippen LogP contribution in [0.3, 0.4) is 0 Å². The van der Waals surface area contributed by atoms with E-state index in [9.17, 15) is 0 Å². The van der Waals surface area contributed by atoms with Crippen molar-refractivity contribution in [3.8, 4) is 0 Å². The van der Waals surface area contributed by atoms with Gasteiger partial charge in [-0.15, -0.1) is 0 Å². The third kappa shape index (κ3) is 3.27. The molecule has 4 nitrogen and oxygen atoms in total. The van der Waals surface area contributed by atoms with E-state index in [0.717, 1.165) is 55.3 Å². The molecule has 0 unspecified atom stereocenters. The lowest BCUT2D eigenvalue weighted by Gasteiger charge is -2.31. The molecule has 0 aromatic carbocycles. The minimum absolute atomic E-state index is 0.402. The molecule has 0 amide bonds. The van der Waals surface area contributed by atoms with Crippen LogP contribution >= 0.6 is 23.8 Å². The van der Waals surface area contributed by atoms with Crippen LogP contribution in [0, 0.1) is 5.92 Å². The van der Waals surface area contributed by atoms with Gasteiger partial charge in [0, 0.05) is 19.5 Å². The first-order valence-electron chi connectivity index (χ1n) is 6.74. The summed E-state index contributed by atoms with van der Waals surface area (Å²) in [6.07, 6.45) is 2.97. The Labute approximate surface area is 124 Å². The van der Waals surface area contributed by atoms with Crippen LogP contribution in [0.25, 0.3) is 0 Å². The molecule has 1 saturated heterocycles. The molecule has 2 rings (SSSR count). The molecule has 0 atom stereocenters. The monoisotopic (exact) mass is 300 g/mol. The molecule has 2 heterocycles. The summed E-state index contributed by atoms with van der Waals surface area (Å²) >= 11 is 11.4. The molecule has 0 radical (unpaired) electrons. The summed E-state index contributed by atoms with van der Waals surface area (Å²) in [5.74, 6) is 0.402. The van der Waals surface area contributed by atoms with Gasteiger partial charge in [0.15, 0.2) is 0 Å². The fraction of sp³-hybridized carbons (Fsp3) is 0.692. The Kier molecular flexibility index (Phi) is 4.81. The van der Waals surface area contributed by atoms with Crippen LogP contribution in [-0.2, 0) is 20.0 Å². The van der Waals surface area contributed by atoms with Crippen LogP contribution in [0.15, 0.2) is 0 Å². The number of piperidine rings is 1. The SMILES string of the molecule is CCc1nn(C)c(CN2CCC(C(N)=S)CC2)c1Cl. The van der Waals surface area contributed by atoms with Gasteiger partial charge < -0.3 is 5.73 Å². The highest BCUT2D eigenvalue weighted by Gasteiger charge is 2.23. The van der Waals surface area contributed by atoms with Crippen LogP contribution in [0.5, 0.6) is 0 Å². The van der Waals surface area contributed by atoms with E-state index < -0.39 is 0 Å². The summed E-state index contributed by atoms with van der Waals surface area (Å²) in [4.78, 5) is 3.06. The lowest BCUT2D eigenvalue weighted by Crippen LogP contribution is -2.37. The summed E-state index contributed by atoms with van der Waals surface area (Å²) in [5.41, 5.74) is 7.80. The van der Waals surface area contributed by atoms with Crippen molar-refractivity contribution in [2.24, 2.45) is 18.7 Å². The molecule has 1 fully saturated rings. The van der Waals surface area contributed by atoms with Crippen molar-refractivity contribution >= 4 is 28.8 Å². The molecule has 1 aliphatic heterocycles. The lowest BCUT2D eigenvalue weighted by molar-refractivity contribution is 0.198. The van der Waals surface area contributed by atoms with Crippen molar-refractivity contribution < 1.29 is 0 Å². The third-order valence-corrected chi connectivity index (χ3v) is 4.64. The molecule has 0 bridgehead atoms. The highest BCUT2D eigenvalue weighted by Crippen LogP contribution is 2.25. The van der Waals surface area contributed by atoms with Gasteiger partial charge in [-0.1, -0.05) is 30.7 Å². The van der Waals surface area contributed by atoms with E-state index in [4.69, 9.17) is 29.6 Å².